The molecule has 0 aromatic carbocycles. The molecule has 0 unspecified atom stereocenters. The Bertz CT molecular complexity index is 441. The van der Waals surface area contributed by atoms with Crippen molar-refractivity contribution in [3.63, 3.8) is 0 Å². The van der Waals surface area contributed by atoms with Gasteiger partial charge in [0.2, 0.25) is 5.91 Å². The molecule has 1 aliphatic rings. The maximum atomic E-state index is 12.0. The molecular formula is C15H22ClN3O. The summed E-state index contributed by atoms with van der Waals surface area (Å²) in [5.74, 6) is 1.35. The number of anilines is 1. The Balaban J connectivity index is 1.80. The van der Waals surface area contributed by atoms with Crippen molar-refractivity contribution in [1.82, 2.24) is 9.88 Å². The van der Waals surface area contributed by atoms with Crippen LogP contribution in [0.4, 0.5) is 5.82 Å². The van der Waals surface area contributed by atoms with Crippen LogP contribution in [0.3, 0.4) is 0 Å². The van der Waals surface area contributed by atoms with Crippen molar-refractivity contribution in [3.05, 3.63) is 23.4 Å². The van der Waals surface area contributed by atoms with Crippen LogP contribution in [0.5, 0.6) is 0 Å². The van der Waals surface area contributed by atoms with Crippen molar-refractivity contribution in [2.75, 3.05) is 18.9 Å². The number of hydrogen-bond acceptors (Lipinski definition) is 3. The van der Waals surface area contributed by atoms with Crippen molar-refractivity contribution in [1.29, 1.82) is 0 Å². The zero-order valence-electron chi connectivity index (χ0n) is 12.1. The van der Waals surface area contributed by atoms with Crippen LogP contribution in [0.2, 0.25) is 5.02 Å². The lowest BCUT2D eigenvalue weighted by Crippen LogP contribution is -2.39. The van der Waals surface area contributed by atoms with Crippen molar-refractivity contribution in [3.8, 4) is 0 Å². The molecule has 1 amide bonds. The Hall–Kier alpha value is -1.13. The van der Waals surface area contributed by atoms with Gasteiger partial charge in [0.05, 0.1) is 11.6 Å². The molecule has 1 aliphatic carbocycles. The highest BCUT2D eigenvalue weighted by Gasteiger charge is 2.22. The second kappa shape index (κ2) is 7.04. The zero-order valence-corrected chi connectivity index (χ0v) is 12.9. The molecule has 1 fully saturated rings. The van der Waals surface area contributed by atoms with E-state index in [1.54, 1.807) is 12.1 Å². The van der Waals surface area contributed by atoms with E-state index in [-0.39, 0.29) is 5.91 Å². The van der Waals surface area contributed by atoms with Gasteiger partial charge in [0.1, 0.15) is 5.82 Å². The average Bonchev–Trinajstić information content (AvgIpc) is 2.42. The molecule has 20 heavy (non-hydrogen) atoms. The lowest BCUT2D eigenvalue weighted by atomic mass is 9.87. The van der Waals surface area contributed by atoms with Gasteiger partial charge >= 0.3 is 0 Å². The number of pyridine rings is 1. The van der Waals surface area contributed by atoms with E-state index in [2.05, 4.69) is 22.1 Å². The first-order chi connectivity index (χ1) is 9.54. The summed E-state index contributed by atoms with van der Waals surface area (Å²) in [5.41, 5.74) is 0. The lowest BCUT2D eigenvalue weighted by molar-refractivity contribution is -0.117. The van der Waals surface area contributed by atoms with E-state index in [4.69, 9.17) is 11.6 Å². The molecule has 1 aromatic rings. The quantitative estimate of drug-likeness (QED) is 0.928. The van der Waals surface area contributed by atoms with Gasteiger partial charge in [0, 0.05) is 12.2 Å². The summed E-state index contributed by atoms with van der Waals surface area (Å²) in [6.45, 7) is 2.71. The predicted molar refractivity (Wildman–Crippen MR) is 81.9 cm³/mol. The molecule has 0 aliphatic heterocycles. The summed E-state index contributed by atoms with van der Waals surface area (Å²) in [6.07, 6.45) is 6.42. The van der Waals surface area contributed by atoms with Crippen LogP contribution in [0, 0.1) is 5.92 Å². The first-order valence-electron chi connectivity index (χ1n) is 7.16. The van der Waals surface area contributed by atoms with Crippen molar-refractivity contribution in [2.24, 2.45) is 5.92 Å². The van der Waals surface area contributed by atoms with Crippen molar-refractivity contribution < 1.29 is 4.79 Å². The van der Waals surface area contributed by atoms with E-state index in [1.165, 1.54) is 31.9 Å². The number of likely N-dealkylation sites (N-methyl/N-ethyl adjacent to an activating group) is 1. The zero-order chi connectivity index (χ0) is 14.5. The summed E-state index contributed by atoms with van der Waals surface area (Å²) in [6, 6.07) is 3.95. The molecule has 1 aromatic heterocycles. The number of nitrogens with zero attached hydrogens (tertiary/aromatic N) is 2. The lowest BCUT2D eigenvalue weighted by Gasteiger charge is -2.33. The van der Waals surface area contributed by atoms with E-state index in [0.29, 0.717) is 23.4 Å². The number of rotatable bonds is 4. The molecule has 1 N–H and O–H groups in total. The third kappa shape index (κ3) is 4.46. The first-order valence-corrected chi connectivity index (χ1v) is 7.54. The third-order valence-corrected chi connectivity index (χ3v) is 4.22. The molecule has 0 bridgehead atoms. The second-order valence-electron chi connectivity index (χ2n) is 5.74. The van der Waals surface area contributed by atoms with Gasteiger partial charge in [-0.1, -0.05) is 18.5 Å². The van der Waals surface area contributed by atoms with Crippen LogP contribution in [-0.4, -0.2) is 35.4 Å². The molecule has 0 atom stereocenters. The van der Waals surface area contributed by atoms with Crippen LogP contribution in [-0.2, 0) is 4.79 Å². The molecule has 1 saturated carbocycles. The van der Waals surface area contributed by atoms with Crippen molar-refractivity contribution >= 4 is 23.3 Å². The number of carbonyl (C=O) groups excluding carboxylic acids is 1. The molecule has 5 heteroatoms. The number of amides is 1. The highest BCUT2D eigenvalue weighted by molar-refractivity contribution is 6.30. The summed E-state index contributed by atoms with van der Waals surface area (Å²) in [5, 5.41) is 3.36. The summed E-state index contributed by atoms with van der Waals surface area (Å²) >= 11 is 5.76. The van der Waals surface area contributed by atoms with E-state index < -0.39 is 0 Å². The fourth-order valence-electron chi connectivity index (χ4n) is 2.67. The SMILES string of the molecule is CC1CCC(N(C)CC(=O)Nc2ccc(Cl)cn2)CC1. The number of hydrogen-bond donors (Lipinski definition) is 1. The Morgan fingerprint density at radius 3 is 2.70 bits per heavy atom. The molecule has 2 rings (SSSR count). The highest BCUT2D eigenvalue weighted by Crippen LogP contribution is 2.26. The van der Waals surface area contributed by atoms with Gasteiger partial charge in [0.15, 0.2) is 0 Å². The van der Waals surface area contributed by atoms with Gasteiger partial charge in [-0.3, -0.25) is 9.69 Å². The minimum absolute atomic E-state index is 0.0269. The molecular weight excluding hydrogens is 274 g/mol. The number of aromatic nitrogens is 1. The highest BCUT2D eigenvalue weighted by atomic mass is 35.5. The number of halogens is 1. The van der Waals surface area contributed by atoms with E-state index in [1.807, 2.05) is 7.05 Å². The first kappa shape index (κ1) is 15.3. The Kier molecular flexibility index (Phi) is 5.38. The largest absolute Gasteiger partial charge is 0.310 e. The normalized spacial score (nSPS) is 22.8. The fourth-order valence-corrected chi connectivity index (χ4v) is 2.78. The number of carbonyl (C=O) groups is 1. The Morgan fingerprint density at radius 1 is 1.40 bits per heavy atom. The smallest absolute Gasteiger partial charge is 0.239 e. The van der Waals surface area contributed by atoms with Crippen LogP contribution in [0.15, 0.2) is 18.3 Å². The molecule has 0 spiro atoms. The van der Waals surface area contributed by atoms with Gasteiger partial charge in [-0.25, -0.2) is 4.98 Å². The number of nitrogens with one attached hydrogen (secondary N) is 1. The van der Waals surface area contributed by atoms with Gasteiger partial charge < -0.3 is 5.32 Å². The molecule has 0 saturated heterocycles. The van der Waals surface area contributed by atoms with Crippen LogP contribution in [0.25, 0.3) is 0 Å². The van der Waals surface area contributed by atoms with E-state index in [0.717, 1.165) is 5.92 Å². The molecule has 4 nitrogen and oxygen atoms in total. The standard InChI is InChI=1S/C15H22ClN3O/c1-11-3-6-13(7-4-11)19(2)10-15(20)18-14-8-5-12(16)9-17-14/h5,8-9,11,13H,3-4,6-7,10H2,1-2H3,(H,17,18,20). The monoisotopic (exact) mass is 295 g/mol. The predicted octanol–water partition coefficient (Wildman–Crippen LogP) is 3.18. The van der Waals surface area contributed by atoms with Crippen LogP contribution >= 0.6 is 11.6 Å². The summed E-state index contributed by atoms with van der Waals surface area (Å²) < 4.78 is 0. The molecule has 110 valence electrons. The van der Waals surface area contributed by atoms with Gasteiger partial charge in [-0.15, -0.1) is 0 Å². The maximum Gasteiger partial charge on any atom is 0.239 e. The van der Waals surface area contributed by atoms with Crippen molar-refractivity contribution in [2.45, 2.75) is 38.6 Å². The van der Waals surface area contributed by atoms with Gasteiger partial charge in [-0.2, -0.15) is 0 Å². The van der Waals surface area contributed by atoms with Crippen LogP contribution in [0.1, 0.15) is 32.6 Å². The van der Waals surface area contributed by atoms with Crippen LogP contribution < -0.4 is 5.32 Å². The third-order valence-electron chi connectivity index (χ3n) is 4.00. The Labute approximate surface area is 125 Å². The minimum Gasteiger partial charge on any atom is -0.310 e. The van der Waals surface area contributed by atoms with Gasteiger partial charge in [0.25, 0.3) is 0 Å². The average molecular weight is 296 g/mol. The molecule has 0 radical (unpaired) electrons. The van der Waals surface area contributed by atoms with E-state index >= 15 is 0 Å². The summed E-state index contributed by atoms with van der Waals surface area (Å²) in [4.78, 5) is 18.2. The van der Waals surface area contributed by atoms with Gasteiger partial charge in [-0.05, 0) is 50.8 Å². The second-order valence-corrected chi connectivity index (χ2v) is 6.18. The maximum absolute atomic E-state index is 12.0. The fraction of sp³-hybridized carbons (Fsp3) is 0.600. The van der Waals surface area contributed by atoms with E-state index in [9.17, 15) is 4.79 Å². The minimum atomic E-state index is -0.0269. The Morgan fingerprint density at radius 2 is 2.10 bits per heavy atom. The topological polar surface area (TPSA) is 45.2 Å². The molecule has 1 heterocycles. The summed E-state index contributed by atoms with van der Waals surface area (Å²) in [7, 11) is 2.02.